The highest BCUT2D eigenvalue weighted by molar-refractivity contribution is 5.22. The van der Waals surface area contributed by atoms with E-state index in [1.165, 1.54) is 24.5 Å². The number of rotatable bonds is 2. The average molecular weight is 235 g/mol. The van der Waals surface area contributed by atoms with Crippen LogP contribution >= 0.6 is 0 Å². The van der Waals surface area contributed by atoms with E-state index in [-0.39, 0.29) is 0 Å². The van der Waals surface area contributed by atoms with Gasteiger partial charge in [-0.2, -0.15) is 0 Å². The second-order valence-corrected chi connectivity index (χ2v) is 5.08. The first-order chi connectivity index (χ1) is 8.33. The van der Waals surface area contributed by atoms with Crippen molar-refractivity contribution in [2.24, 2.45) is 0 Å². The minimum atomic E-state index is 0.692. The predicted octanol–water partition coefficient (Wildman–Crippen LogP) is 0.394. The van der Waals surface area contributed by atoms with Crippen molar-refractivity contribution in [3.05, 3.63) is 23.5 Å². The summed E-state index contributed by atoms with van der Waals surface area (Å²) < 4.78 is 5.26. The van der Waals surface area contributed by atoms with Crippen molar-refractivity contribution in [3.8, 4) is 0 Å². The Hall–Kier alpha value is -1.00. The highest BCUT2D eigenvalue weighted by atomic mass is 16.5. The standard InChI is InChI=1S/C13H21N3O/c1-11-2-3-12(8-14-11)15-4-6-16(7-5-15)13-9-17-10-13/h2-3,13-14H,4-10H2,1H3. The Morgan fingerprint density at radius 1 is 1.18 bits per heavy atom. The average Bonchev–Trinajstić information content (AvgIpc) is 2.29. The van der Waals surface area contributed by atoms with Gasteiger partial charge in [0.2, 0.25) is 0 Å². The molecule has 0 aromatic rings. The van der Waals surface area contributed by atoms with E-state index in [1.54, 1.807) is 0 Å². The summed E-state index contributed by atoms with van der Waals surface area (Å²) in [6.07, 6.45) is 4.43. The molecule has 2 saturated heterocycles. The number of ether oxygens (including phenoxy) is 1. The second kappa shape index (κ2) is 4.70. The molecule has 0 aromatic heterocycles. The number of piperazine rings is 1. The molecule has 0 spiro atoms. The highest BCUT2D eigenvalue weighted by Crippen LogP contribution is 2.17. The Labute approximate surface area is 103 Å². The maximum absolute atomic E-state index is 5.26. The second-order valence-electron chi connectivity index (χ2n) is 5.08. The van der Waals surface area contributed by atoms with Crippen LogP contribution in [-0.4, -0.2) is 61.8 Å². The topological polar surface area (TPSA) is 27.7 Å². The SMILES string of the molecule is CC1=CC=C(N2CCN(C3COC3)CC2)CN1. The van der Waals surface area contributed by atoms with Gasteiger partial charge < -0.3 is 15.0 Å². The molecule has 0 aromatic carbocycles. The predicted molar refractivity (Wildman–Crippen MR) is 67.6 cm³/mol. The quantitative estimate of drug-likeness (QED) is 0.749. The van der Waals surface area contributed by atoms with E-state index < -0.39 is 0 Å². The van der Waals surface area contributed by atoms with E-state index in [9.17, 15) is 0 Å². The number of hydrogen-bond donors (Lipinski definition) is 1. The smallest absolute Gasteiger partial charge is 0.0645 e. The van der Waals surface area contributed by atoms with Crippen molar-refractivity contribution in [1.29, 1.82) is 0 Å². The third-order valence-corrected chi connectivity index (χ3v) is 3.93. The van der Waals surface area contributed by atoms with Gasteiger partial charge >= 0.3 is 0 Å². The largest absolute Gasteiger partial charge is 0.383 e. The molecule has 0 atom stereocenters. The highest BCUT2D eigenvalue weighted by Gasteiger charge is 2.29. The minimum Gasteiger partial charge on any atom is -0.383 e. The first-order valence-corrected chi connectivity index (χ1v) is 6.51. The maximum atomic E-state index is 5.26. The van der Waals surface area contributed by atoms with Gasteiger partial charge in [-0.1, -0.05) is 0 Å². The van der Waals surface area contributed by atoms with Gasteiger partial charge in [0.15, 0.2) is 0 Å². The number of nitrogens with zero attached hydrogens (tertiary/aromatic N) is 2. The van der Waals surface area contributed by atoms with E-state index in [2.05, 4.69) is 34.2 Å². The number of allylic oxidation sites excluding steroid dienone is 3. The third-order valence-electron chi connectivity index (χ3n) is 3.93. The zero-order chi connectivity index (χ0) is 11.7. The van der Waals surface area contributed by atoms with Crippen molar-refractivity contribution in [2.75, 3.05) is 45.9 Å². The van der Waals surface area contributed by atoms with Crippen molar-refractivity contribution in [1.82, 2.24) is 15.1 Å². The van der Waals surface area contributed by atoms with Gasteiger partial charge in [-0.25, -0.2) is 0 Å². The molecule has 0 radical (unpaired) electrons. The zero-order valence-electron chi connectivity index (χ0n) is 10.5. The molecule has 3 aliphatic heterocycles. The molecular weight excluding hydrogens is 214 g/mol. The number of nitrogens with one attached hydrogen (secondary N) is 1. The molecule has 4 nitrogen and oxygen atoms in total. The molecule has 94 valence electrons. The molecule has 0 saturated carbocycles. The summed E-state index contributed by atoms with van der Waals surface area (Å²) in [7, 11) is 0. The van der Waals surface area contributed by atoms with E-state index in [4.69, 9.17) is 4.74 Å². The van der Waals surface area contributed by atoms with Crippen molar-refractivity contribution in [3.63, 3.8) is 0 Å². The fourth-order valence-electron chi connectivity index (χ4n) is 2.59. The van der Waals surface area contributed by atoms with Gasteiger partial charge in [0.1, 0.15) is 0 Å². The van der Waals surface area contributed by atoms with Crippen LogP contribution in [-0.2, 0) is 4.74 Å². The summed E-state index contributed by atoms with van der Waals surface area (Å²) in [4.78, 5) is 5.07. The molecule has 3 heterocycles. The van der Waals surface area contributed by atoms with Gasteiger partial charge in [0.05, 0.1) is 25.8 Å². The lowest BCUT2D eigenvalue weighted by molar-refractivity contribution is -0.0748. The van der Waals surface area contributed by atoms with E-state index in [0.29, 0.717) is 6.04 Å². The van der Waals surface area contributed by atoms with Crippen LogP contribution in [0.25, 0.3) is 0 Å². The summed E-state index contributed by atoms with van der Waals surface area (Å²) in [6.45, 7) is 9.62. The fraction of sp³-hybridized carbons (Fsp3) is 0.692. The Bertz CT molecular complexity index is 339. The molecule has 3 rings (SSSR count). The van der Waals surface area contributed by atoms with Crippen LogP contribution in [0.2, 0.25) is 0 Å². The number of dihydropyridines is 1. The first kappa shape index (κ1) is 11.1. The molecular formula is C13H21N3O. The summed E-state index contributed by atoms with van der Waals surface area (Å²) >= 11 is 0. The van der Waals surface area contributed by atoms with Crippen LogP contribution in [0.15, 0.2) is 23.5 Å². The van der Waals surface area contributed by atoms with Crippen molar-refractivity contribution in [2.45, 2.75) is 13.0 Å². The van der Waals surface area contributed by atoms with Crippen LogP contribution in [0.1, 0.15) is 6.92 Å². The Kier molecular flexibility index (Phi) is 3.07. The molecule has 0 unspecified atom stereocenters. The molecule has 1 N–H and O–H groups in total. The summed E-state index contributed by atoms with van der Waals surface area (Å²) in [5.41, 5.74) is 2.69. The summed E-state index contributed by atoms with van der Waals surface area (Å²) in [6, 6.07) is 0.692. The van der Waals surface area contributed by atoms with Crippen LogP contribution in [0.4, 0.5) is 0 Å². The zero-order valence-corrected chi connectivity index (χ0v) is 10.5. The van der Waals surface area contributed by atoms with Crippen molar-refractivity contribution >= 4 is 0 Å². The third kappa shape index (κ3) is 2.33. The molecule has 3 aliphatic rings. The maximum Gasteiger partial charge on any atom is 0.0645 e. The lowest BCUT2D eigenvalue weighted by atomic mass is 10.1. The van der Waals surface area contributed by atoms with E-state index >= 15 is 0 Å². The fourth-order valence-corrected chi connectivity index (χ4v) is 2.59. The molecule has 0 amide bonds. The Balaban J connectivity index is 1.54. The molecule has 17 heavy (non-hydrogen) atoms. The van der Waals surface area contributed by atoms with Crippen molar-refractivity contribution < 1.29 is 4.74 Å². The van der Waals surface area contributed by atoms with Gasteiger partial charge in [-0.05, 0) is 19.1 Å². The van der Waals surface area contributed by atoms with Crippen LogP contribution in [0.5, 0.6) is 0 Å². The van der Waals surface area contributed by atoms with Crippen LogP contribution < -0.4 is 5.32 Å². The van der Waals surface area contributed by atoms with Crippen LogP contribution in [0, 0.1) is 0 Å². The van der Waals surface area contributed by atoms with E-state index in [0.717, 1.165) is 32.8 Å². The summed E-state index contributed by atoms with van der Waals surface area (Å²) in [5.74, 6) is 0. The summed E-state index contributed by atoms with van der Waals surface area (Å²) in [5, 5.41) is 3.40. The lowest BCUT2D eigenvalue weighted by Crippen LogP contribution is -2.56. The van der Waals surface area contributed by atoms with Crippen LogP contribution in [0.3, 0.4) is 0 Å². The Morgan fingerprint density at radius 2 is 1.94 bits per heavy atom. The van der Waals surface area contributed by atoms with Gasteiger partial charge in [-0.3, -0.25) is 4.90 Å². The monoisotopic (exact) mass is 235 g/mol. The van der Waals surface area contributed by atoms with Gasteiger partial charge in [-0.15, -0.1) is 0 Å². The van der Waals surface area contributed by atoms with Gasteiger partial charge in [0.25, 0.3) is 0 Å². The normalized spacial score (nSPS) is 27.0. The lowest BCUT2D eigenvalue weighted by Gasteiger charge is -2.44. The Morgan fingerprint density at radius 3 is 2.47 bits per heavy atom. The molecule has 0 bridgehead atoms. The minimum absolute atomic E-state index is 0.692. The van der Waals surface area contributed by atoms with Gasteiger partial charge in [0, 0.05) is 37.6 Å². The first-order valence-electron chi connectivity index (χ1n) is 6.51. The number of hydrogen-bond acceptors (Lipinski definition) is 4. The molecule has 0 aliphatic carbocycles. The van der Waals surface area contributed by atoms with E-state index in [1.807, 2.05) is 0 Å². The molecule has 2 fully saturated rings. The molecule has 4 heteroatoms.